The Morgan fingerprint density at radius 3 is 2.48 bits per heavy atom. The summed E-state index contributed by atoms with van der Waals surface area (Å²) in [7, 11) is 0. The van der Waals surface area contributed by atoms with Crippen LogP contribution in [0.2, 0.25) is 0 Å². The molecule has 0 bridgehead atoms. The van der Waals surface area contributed by atoms with Gasteiger partial charge in [0.05, 0.1) is 13.2 Å². The fourth-order valence-corrected chi connectivity index (χ4v) is 2.76. The van der Waals surface area contributed by atoms with Crippen LogP contribution in [0.4, 0.5) is 11.4 Å². The van der Waals surface area contributed by atoms with Gasteiger partial charge in [-0.15, -0.1) is 0 Å². The highest BCUT2D eigenvalue weighted by molar-refractivity contribution is 6.04. The number of rotatable bonds is 3. The zero-order valence-corrected chi connectivity index (χ0v) is 13.6. The van der Waals surface area contributed by atoms with Gasteiger partial charge in [0.25, 0.3) is 5.91 Å². The summed E-state index contributed by atoms with van der Waals surface area (Å²) in [5.74, 6) is -0.0857. The Balaban J connectivity index is 1.67. The van der Waals surface area contributed by atoms with E-state index in [1.807, 2.05) is 55.5 Å². The molecule has 1 saturated heterocycles. The number of hydrogen-bond acceptors (Lipinski definition) is 3. The summed E-state index contributed by atoms with van der Waals surface area (Å²) >= 11 is 0. The quantitative estimate of drug-likeness (QED) is 0.944. The van der Waals surface area contributed by atoms with Crippen LogP contribution >= 0.6 is 0 Å². The van der Waals surface area contributed by atoms with Gasteiger partial charge in [-0.2, -0.15) is 0 Å². The van der Waals surface area contributed by atoms with Crippen LogP contribution in [0, 0.1) is 6.92 Å². The lowest BCUT2D eigenvalue weighted by Crippen LogP contribution is -2.43. The van der Waals surface area contributed by atoms with Gasteiger partial charge in [-0.1, -0.05) is 17.7 Å². The van der Waals surface area contributed by atoms with Crippen molar-refractivity contribution in [1.82, 2.24) is 0 Å². The monoisotopic (exact) mass is 310 g/mol. The van der Waals surface area contributed by atoms with Gasteiger partial charge >= 0.3 is 0 Å². The molecule has 1 N–H and O–H groups in total. The molecule has 120 valence electrons. The molecular formula is C19H22N2O2. The van der Waals surface area contributed by atoms with Gasteiger partial charge in [0, 0.05) is 29.5 Å². The van der Waals surface area contributed by atoms with Crippen LogP contribution in [0.3, 0.4) is 0 Å². The highest BCUT2D eigenvalue weighted by atomic mass is 16.5. The molecule has 0 aliphatic carbocycles. The third-order valence-corrected chi connectivity index (χ3v) is 4.14. The van der Waals surface area contributed by atoms with Crippen molar-refractivity contribution < 1.29 is 9.53 Å². The fourth-order valence-electron chi connectivity index (χ4n) is 2.76. The van der Waals surface area contributed by atoms with Crippen molar-refractivity contribution in [3.8, 4) is 0 Å². The van der Waals surface area contributed by atoms with Crippen LogP contribution in [-0.4, -0.2) is 31.7 Å². The van der Waals surface area contributed by atoms with Crippen LogP contribution in [0.15, 0.2) is 48.5 Å². The molecule has 23 heavy (non-hydrogen) atoms. The molecule has 0 saturated carbocycles. The first-order valence-electron chi connectivity index (χ1n) is 7.96. The summed E-state index contributed by atoms with van der Waals surface area (Å²) in [5, 5.41) is 2.94. The predicted octanol–water partition coefficient (Wildman–Crippen LogP) is 3.47. The summed E-state index contributed by atoms with van der Waals surface area (Å²) < 4.78 is 5.47. The standard InChI is InChI=1S/C19H22N2O2/c1-14-3-5-16(6-4-14)19(22)20-17-7-9-18(10-8-17)21-11-12-23-13-15(21)2/h3-10,15H,11-13H2,1-2H3,(H,20,22). The van der Waals surface area contributed by atoms with Gasteiger partial charge in [0.2, 0.25) is 0 Å². The SMILES string of the molecule is Cc1ccc(C(=O)Nc2ccc(N3CCOCC3C)cc2)cc1. The van der Waals surface area contributed by atoms with Gasteiger partial charge in [0.15, 0.2) is 0 Å². The average molecular weight is 310 g/mol. The smallest absolute Gasteiger partial charge is 0.255 e. The maximum atomic E-state index is 12.2. The normalized spacial score (nSPS) is 17.8. The van der Waals surface area contributed by atoms with E-state index >= 15 is 0 Å². The minimum absolute atomic E-state index is 0.0857. The summed E-state index contributed by atoms with van der Waals surface area (Å²) in [6.45, 7) is 6.58. The van der Waals surface area contributed by atoms with Gasteiger partial charge < -0.3 is 15.0 Å². The molecule has 2 aromatic rings. The molecule has 0 radical (unpaired) electrons. The third-order valence-electron chi connectivity index (χ3n) is 4.14. The molecule has 2 aromatic carbocycles. The van der Waals surface area contributed by atoms with Crippen molar-refractivity contribution in [2.45, 2.75) is 19.9 Å². The average Bonchev–Trinajstić information content (AvgIpc) is 2.57. The van der Waals surface area contributed by atoms with Crippen LogP contribution in [0.5, 0.6) is 0 Å². The number of ether oxygens (including phenoxy) is 1. The van der Waals surface area contributed by atoms with Crippen LogP contribution < -0.4 is 10.2 Å². The second-order valence-corrected chi connectivity index (χ2v) is 5.98. The van der Waals surface area contributed by atoms with Crippen molar-refractivity contribution in [2.75, 3.05) is 30.0 Å². The minimum Gasteiger partial charge on any atom is -0.377 e. The molecule has 4 heteroatoms. The Hall–Kier alpha value is -2.33. The predicted molar refractivity (Wildman–Crippen MR) is 93.2 cm³/mol. The largest absolute Gasteiger partial charge is 0.377 e. The molecule has 3 rings (SSSR count). The van der Waals surface area contributed by atoms with Gasteiger partial charge in [-0.3, -0.25) is 4.79 Å². The van der Waals surface area contributed by atoms with Crippen LogP contribution in [0.25, 0.3) is 0 Å². The van der Waals surface area contributed by atoms with Gasteiger partial charge in [0.1, 0.15) is 0 Å². The van der Waals surface area contributed by atoms with E-state index in [-0.39, 0.29) is 5.91 Å². The highest BCUT2D eigenvalue weighted by Gasteiger charge is 2.18. The lowest BCUT2D eigenvalue weighted by atomic mass is 10.1. The molecule has 1 amide bonds. The van der Waals surface area contributed by atoms with Crippen molar-refractivity contribution >= 4 is 17.3 Å². The Bertz CT molecular complexity index is 665. The Morgan fingerprint density at radius 2 is 1.83 bits per heavy atom. The minimum atomic E-state index is -0.0857. The first kappa shape index (κ1) is 15.6. The van der Waals surface area contributed by atoms with E-state index in [0.717, 1.165) is 36.7 Å². The molecule has 1 heterocycles. The number of morpholine rings is 1. The molecule has 1 atom stereocenters. The topological polar surface area (TPSA) is 41.6 Å². The molecule has 4 nitrogen and oxygen atoms in total. The Labute approximate surface area is 137 Å². The zero-order chi connectivity index (χ0) is 16.2. The first-order valence-corrected chi connectivity index (χ1v) is 7.96. The Morgan fingerprint density at radius 1 is 1.13 bits per heavy atom. The number of benzene rings is 2. The second-order valence-electron chi connectivity index (χ2n) is 5.98. The molecule has 0 spiro atoms. The fraction of sp³-hybridized carbons (Fsp3) is 0.316. The maximum Gasteiger partial charge on any atom is 0.255 e. The molecule has 1 fully saturated rings. The number of carbonyl (C=O) groups is 1. The van der Waals surface area contributed by atoms with Crippen LogP contribution in [-0.2, 0) is 4.74 Å². The van der Waals surface area contributed by atoms with E-state index in [1.54, 1.807) is 0 Å². The lowest BCUT2D eigenvalue weighted by Gasteiger charge is -2.35. The van der Waals surface area contributed by atoms with E-state index < -0.39 is 0 Å². The molecular weight excluding hydrogens is 288 g/mol. The summed E-state index contributed by atoms with van der Waals surface area (Å²) in [6.07, 6.45) is 0. The van der Waals surface area contributed by atoms with E-state index in [9.17, 15) is 4.79 Å². The lowest BCUT2D eigenvalue weighted by molar-refractivity contribution is 0.0989. The number of anilines is 2. The summed E-state index contributed by atoms with van der Waals surface area (Å²) in [5.41, 5.74) is 3.78. The van der Waals surface area contributed by atoms with Crippen molar-refractivity contribution in [1.29, 1.82) is 0 Å². The van der Waals surface area contributed by atoms with Gasteiger partial charge in [-0.25, -0.2) is 0 Å². The number of amides is 1. The number of hydrogen-bond donors (Lipinski definition) is 1. The molecule has 0 aromatic heterocycles. The number of aryl methyl sites for hydroxylation is 1. The van der Waals surface area contributed by atoms with E-state index in [4.69, 9.17) is 4.74 Å². The molecule has 1 unspecified atom stereocenters. The number of nitrogens with one attached hydrogen (secondary N) is 1. The Kier molecular flexibility index (Phi) is 4.63. The maximum absolute atomic E-state index is 12.2. The number of nitrogens with zero attached hydrogens (tertiary/aromatic N) is 1. The number of carbonyl (C=O) groups excluding carboxylic acids is 1. The second kappa shape index (κ2) is 6.84. The van der Waals surface area contributed by atoms with Crippen molar-refractivity contribution in [2.24, 2.45) is 0 Å². The van der Waals surface area contributed by atoms with E-state index in [2.05, 4.69) is 17.1 Å². The van der Waals surface area contributed by atoms with E-state index in [0.29, 0.717) is 11.6 Å². The highest BCUT2D eigenvalue weighted by Crippen LogP contribution is 2.22. The zero-order valence-electron chi connectivity index (χ0n) is 13.6. The summed E-state index contributed by atoms with van der Waals surface area (Å²) in [4.78, 5) is 14.6. The van der Waals surface area contributed by atoms with Gasteiger partial charge in [-0.05, 0) is 50.2 Å². The van der Waals surface area contributed by atoms with Crippen molar-refractivity contribution in [3.63, 3.8) is 0 Å². The van der Waals surface area contributed by atoms with Crippen LogP contribution in [0.1, 0.15) is 22.8 Å². The third kappa shape index (κ3) is 3.71. The van der Waals surface area contributed by atoms with E-state index in [1.165, 1.54) is 0 Å². The molecule has 1 aliphatic heterocycles. The first-order chi connectivity index (χ1) is 11.1. The van der Waals surface area contributed by atoms with Crippen molar-refractivity contribution in [3.05, 3.63) is 59.7 Å². The molecule has 1 aliphatic rings. The summed E-state index contributed by atoms with van der Waals surface area (Å²) in [6, 6.07) is 15.9.